The molecule has 38 heavy (non-hydrogen) atoms. The Balaban J connectivity index is 1.85. The molecule has 0 aromatic heterocycles. The van der Waals surface area contributed by atoms with Crippen LogP contribution < -0.4 is 9.44 Å². The second kappa shape index (κ2) is 11.4. The summed E-state index contributed by atoms with van der Waals surface area (Å²) >= 11 is 0. The SMILES string of the molecule is CC1=CC(S(=O)(=O)N[C@H](c2ccccc2)[C@H](NS(=O)(=O)c2cc(C)ccc2C)c2ccccc2)=C(C)CC1. The van der Waals surface area contributed by atoms with Crippen LogP contribution in [0.25, 0.3) is 0 Å². The molecule has 3 aromatic rings. The Kier molecular flexibility index (Phi) is 8.37. The highest BCUT2D eigenvalue weighted by Gasteiger charge is 2.34. The summed E-state index contributed by atoms with van der Waals surface area (Å²) in [6.45, 7) is 7.33. The van der Waals surface area contributed by atoms with Gasteiger partial charge in [0.2, 0.25) is 20.0 Å². The van der Waals surface area contributed by atoms with E-state index in [2.05, 4.69) is 9.44 Å². The first-order valence-corrected chi connectivity index (χ1v) is 15.5. The van der Waals surface area contributed by atoms with Gasteiger partial charge in [-0.1, -0.05) is 83.9 Å². The summed E-state index contributed by atoms with van der Waals surface area (Å²) in [5, 5.41) is 0. The predicted octanol–water partition coefficient (Wildman–Crippen LogP) is 6.00. The van der Waals surface area contributed by atoms with E-state index in [1.807, 2.05) is 63.2 Å². The molecule has 1 aliphatic rings. The molecule has 0 bridgehead atoms. The highest BCUT2D eigenvalue weighted by atomic mass is 32.2. The van der Waals surface area contributed by atoms with E-state index in [0.717, 1.165) is 23.1 Å². The van der Waals surface area contributed by atoms with Crippen LogP contribution in [0.5, 0.6) is 0 Å². The Bertz CT molecular complexity index is 1580. The fourth-order valence-electron chi connectivity index (χ4n) is 4.67. The third-order valence-electron chi connectivity index (χ3n) is 6.83. The molecule has 200 valence electrons. The van der Waals surface area contributed by atoms with Crippen molar-refractivity contribution in [2.45, 2.75) is 57.5 Å². The molecule has 2 atom stereocenters. The van der Waals surface area contributed by atoms with E-state index < -0.39 is 32.1 Å². The largest absolute Gasteiger partial charge is 0.241 e. The third-order valence-corrected chi connectivity index (χ3v) is 10.0. The molecule has 0 aliphatic heterocycles. The molecule has 0 radical (unpaired) electrons. The molecule has 4 rings (SSSR count). The van der Waals surface area contributed by atoms with Crippen molar-refractivity contribution >= 4 is 20.0 Å². The first kappa shape index (κ1) is 28.0. The van der Waals surface area contributed by atoms with Crippen LogP contribution in [0.15, 0.2) is 106 Å². The first-order valence-electron chi connectivity index (χ1n) is 12.6. The molecule has 0 amide bonds. The zero-order valence-corrected chi connectivity index (χ0v) is 23.7. The minimum absolute atomic E-state index is 0.164. The molecular formula is C30H34N2O4S2. The van der Waals surface area contributed by atoms with Crippen molar-refractivity contribution in [1.82, 2.24) is 9.44 Å². The van der Waals surface area contributed by atoms with Crippen LogP contribution in [-0.2, 0) is 20.0 Å². The molecule has 2 N–H and O–H groups in total. The fraction of sp³-hybridized carbons (Fsp3) is 0.267. The minimum atomic E-state index is -4.02. The van der Waals surface area contributed by atoms with Crippen molar-refractivity contribution in [3.05, 3.63) is 123 Å². The Labute approximate surface area is 226 Å². The van der Waals surface area contributed by atoms with Gasteiger partial charge in [-0.2, -0.15) is 0 Å². The lowest BCUT2D eigenvalue weighted by Gasteiger charge is -2.30. The summed E-state index contributed by atoms with van der Waals surface area (Å²) in [4.78, 5) is 0.406. The van der Waals surface area contributed by atoms with E-state index in [9.17, 15) is 16.8 Å². The van der Waals surface area contributed by atoms with Crippen molar-refractivity contribution in [2.24, 2.45) is 0 Å². The van der Waals surface area contributed by atoms with Crippen molar-refractivity contribution in [1.29, 1.82) is 0 Å². The Morgan fingerprint density at radius 3 is 1.74 bits per heavy atom. The monoisotopic (exact) mass is 550 g/mol. The molecule has 8 heteroatoms. The highest BCUT2D eigenvalue weighted by molar-refractivity contribution is 7.93. The van der Waals surface area contributed by atoms with Crippen LogP contribution in [0.1, 0.15) is 61.0 Å². The lowest BCUT2D eigenvalue weighted by atomic mass is 9.95. The molecule has 0 spiro atoms. The number of hydrogen-bond acceptors (Lipinski definition) is 4. The van der Waals surface area contributed by atoms with E-state index in [0.29, 0.717) is 23.1 Å². The molecule has 0 fully saturated rings. The minimum Gasteiger partial charge on any atom is -0.207 e. The lowest BCUT2D eigenvalue weighted by Crippen LogP contribution is -2.41. The van der Waals surface area contributed by atoms with Crippen LogP contribution in [0.4, 0.5) is 0 Å². The number of benzene rings is 3. The van der Waals surface area contributed by atoms with Gasteiger partial charge in [0.15, 0.2) is 0 Å². The summed E-state index contributed by atoms with van der Waals surface area (Å²) in [6, 6.07) is 21.6. The van der Waals surface area contributed by atoms with E-state index in [-0.39, 0.29) is 9.80 Å². The van der Waals surface area contributed by atoms with Gasteiger partial charge in [-0.15, -0.1) is 0 Å². The normalized spacial score (nSPS) is 16.2. The molecule has 6 nitrogen and oxygen atoms in total. The molecule has 0 saturated carbocycles. The van der Waals surface area contributed by atoms with Gasteiger partial charge in [-0.25, -0.2) is 26.3 Å². The molecule has 1 aliphatic carbocycles. The van der Waals surface area contributed by atoms with Crippen molar-refractivity contribution < 1.29 is 16.8 Å². The average molecular weight is 551 g/mol. The number of hydrogen-bond donors (Lipinski definition) is 2. The highest BCUT2D eigenvalue weighted by Crippen LogP contribution is 2.34. The van der Waals surface area contributed by atoms with Crippen LogP contribution in [0.2, 0.25) is 0 Å². The zero-order chi connectivity index (χ0) is 27.5. The van der Waals surface area contributed by atoms with Crippen LogP contribution in [0, 0.1) is 13.8 Å². The maximum atomic E-state index is 13.8. The molecule has 0 unspecified atom stereocenters. The maximum absolute atomic E-state index is 13.8. The van der Waals surface area contributed by atoms with Gasteiger partial charge in [0, 0.05) is 0 Å². The number of allylic oxidation sites excluding steroid dienone is 3. The van der Waals surface area contributed by atoms with Gasteiger partial charge in [0.25, 0.3) is 0 Å². The van der Waals surface area contributed by atoms with Crippen LogP contribution in [-0.4, -0.2) is 16.8 Å². The Morgan fingerprint density at radius 1 is 0.658 bits per heavy atom. The number of aryl methyl sites for hydroxylation is 2. The number of sulfonamides is 2. The Morgan fingerprint density at radius 2 is 1.18 bits per heavy atom. The van der Waals surface area contributed by atoms with Gasteiger partial charge in [0.1, 0.15) is 0 Å². The predicted molar refractivity (Wildman–Crippen MR) is 152 cm³/mol. The standard InChI is InChI=1S/C30H34N2O4S2/c1-21-15-17-23(3)27(19-21)37(33,34)31-29(25-11-7-5-8-12-25)30(26-13-9-6-10-14-26)32-38(35,36)28-20-22(2)16-18-24(28)4/h5-15,17,19-20,29-32H,16,18H2,1-4H3/t29-,30-/m1/s1. The summed E-state index contributed by atoms with van der Waals surface area (Å²) < 4.78 is 60.9. The second-order valence-electron chi connectivity index (χ2n) is 9.92. The van der Waals surface area contributed by atoms with Crippen LogP contribution in [0.3, 0.4) is 0 Å². The maximum Gasteiger partial charge on any atom is 0.241 e. The summed E-state index contributed by atoms with van der Waals surface area (Å²) in [5.41, 5.74) is 4.47. The van der Waals surface area contributed by atoms with Crippen molar-refractivity contribution in [2.75, 3.05) is 0 Å². The number of nitrogens with one attached hydrogen (secondary N) is 2. The van der Waals surface area contributed by atoms with Crippen molar-refractivity contribution in [3.63, 3.8) is 0 Å². The van der Waals surface area contributed by atoms with Crippen LogP contribution >= 0.6 is 0 Å². The number of rotatable bonds is 9. The molecule has 0 heterocycles. The van der Waals surface area contributed by atoms with Gasteiger partial charge < -0.3 is 0 Å². The molecule has 0 saturated heterocycles. The quantitative estimate of drug-likeness (QED) is 0.342. The van der Waals surface area contributed by atoms with Crippen molar-refractivity contribution in [3.8, 4) is 0 Å². The Hall–Kier alpha value is -3.04. The average Bonchev–Trinajstić information content (AvgIpc) is 2.90. The second-order valence-corrected chi connectivity index (χ2v) is 13.3. The van der Waals surface area contributed by atoms with Gasteiger partial charge >= 0.3 is 0 Å². The fourth-order valence-corrected chi connectivity index (χ4v) is 7.89. The van der Waals surface area contributed by atoms with Gasteiger partial charge in [-0.3, -0.25) is 0 Å². The van der Waals surface area contributed by atoms with E-state index in [1.165, 1.54) is 0 Å². The topological polar surface area (TPSA) is 92.3 Å². The van der Waals surface area contributed by atoms with E-state index in [1.54, 1.807) is 49.4 Å². The lowest BCUT2D eigenvalue weighted by molar-refractivity contribution is 0.468. The zero-order valence-electron chi connectivity index (χ0n) is 22.1. The van der Waals surface area contributed by atoms with E-state index in [4.69, 9.17) is 0 Å². The van der Waals surface area contributed by atoms with Gasteiger partial charge in [-0.05, 0) is 74.9 Å². The smallest absolute Gasteiger partial charge is 0.207 e. The summed E-state index contributed by atoms with van der Waals surface area (Å²) in [5.74, 6) is 0. The van der Waals surface area contributed by atoms with E-state index >= 15 is 0 Å². The molecular weight excluding hydrogens is 516 g/mol. The summed E-state index contributed by atoms with van der Waals surface area (Å²) in [6.07, 6.45) is 3.19. The third kappa shape index (κ3) is 6.32. The van der Waals surface area contributed by atoms with Gasteiger partial charge in [0.05, 0.1) is 21.9 Å². The summed E-state index contributed by atoms with van der Waals surface area (Å²) in [7, 11) is -8.01. The first-order chi connectivity index (χ1) is 18.0. The molecule has 3 aromatic carbocycles.